The van der Waals surface area contributed by atoms with Gasteiger partial charge in [-0.25, -0.2) is 9.37 Å². The Morgan fingerprint density at radius 1 is 1.18 bits per heavy atom. The van der Waals surface area contributed by atoms with Crippen molar-refractivity contribution in [1.29, 1.82) is 0 Å². The summed E-state index contributed by atoms with van der Waals surface area (Å²) in [6.45, 7) is 6.79. The Balaban J connectivity index is 1.54. The summed E-state index contributed by atoms with van der Waals surface area (Å²) in [6.07, 6.45) is 1.54. The Morgan fingerprint density at radius 2 is 1.86 bits per heavy atom. The summed E-state index contributed by atoms with van der Waals surface area (Å²) in [5.74, 6) is -0.310. The van der Waals surface area contributed by atoms with Gasteiger partial charge in [0.2, 0.25) is 0 Å². The number of thiophene rings is 1. The molecule has 0 bridgehead atoms. The van der Waals surface area contributed by atoms with E-state index in [1.165, 1.54) is 29.8 Å². The summed E-state index contributed by atoms with van der Waals surface area (Å²) in [4.78, 5) is 35.2. The van der Waals surface area contributed by atoms with Crippen molar-refractivity contribution in [1.82, 2.24) is 14.5 Å². The van der Waals surface area contributed by atoms with Crippen molar-refractivity contribution < 1.29 is 9.18 Å². The van der Waals surface area contributed by atoms with Crippen LogP contribution < -0.4 is 10.5 Å². The van der Waals surface area contributed by atoms with Gasteiger partial charge in [-0.1, -0.05) is 0 Å². The molecule has 4 rings (SSSR count). The largest absolute Gasteiger partial charge is 0.368 e. The molecule has 0 atom stereocenters. The molecule has 1 amide bonds. The lowest BCUT2D eigenvalue weighted by atomic mass is 10.2. The number of hydrogen-bond acceptors (Lipinski definition) is 5. The standard InChI is InChI=1S/C20H21FN4O2S/c1-3-23-12-22-18-16(19(23)26)13(2)17(28-18)20(27)25-10-8-24(9-11-25)15-6-4-14(21)5-7-15/h4-7,12H,3,8-11H2,1-2H3. The summed E-state index contributed by atoms with van der Waals surface area (Å²) in [5, 5.41) is 0.544. The van der Waals surface area contributed by atoms with Crippen LogP contribution in [-0.4, -0.2) is 46.5 Å². The molecule has 1 aliphatic heterocycles. The van der Waals surface area contributed by atoms with E-state index < -0.39 is 0 Å². The lowest BCUT2D eigenvalue weighted by Crippen LogP contribution is -2.48. The Hall–Kier alpha value is -2.74. The Kier molecular flexibility index (Phi) is 4.89. The minimum atomic E-state index is -0.256. The molecule has 0 radical (unpaired) electrons. The quantitative estimate of drug-likeness (QED) is 0.678. The number of rotatable bonds is 3. The second kappa shape index (κ2) is 7.35. The van der Waals surface area contributed by atoms with Crippen LogP contribution >= 0.6 is 11.3 Å². The van der Waals surface area contributed by atoms with E-state index in [1.54, 1.807) is 16.7 Å². The second-order valence-corrected chi connectivity index (χ2v) is 7.83. The second-order valence-electron chi connectivity index (χ2n) is 6.83. The maximum Gasteiger partial charge on any atom is 0.264 e. The van der Waals surface area contributed by atoms with Gasteiger partial charge in [0.1, 0.15) is 10.6 Å². The lowest BCUT2D eigenvalue weighted by Gasteiger charge is -2.36. The smallest absolute Gasteiger partial charge is 0.264 e. The number of halogens is 1. The molecule has 6 nitrogen and oxygen atoms in total. The zero-order chi connectivity index (χ0) is 19.8. The van der Waals surface area contributed by atoms with Crippen molar-refractivity contribution in [3.63, 3.8) is 0 Å². The predicted octanol–water partition coefficient (Wildman–Crippen LogP) is 2.89. The lowest BCUT2D eigenvalue weighted by molar-refractivity contribution is 0.0751. The maximum atomic E-state index is 13.1. The Bertz CT molecular complexity index is 1080. The topological polar surface area (TPSA) is 58.4 Å². The van der Waals surface area contributed by atoms with E-state index in [-0.39, 0.29) is 17.3 Å². The minimum absolute atomic E-state index is 0.0540. The average molecular weight is 400 g/mol. The zero-order valence-corrected chi connectivity index (χ0v) is 16.6. The van der Waals surface area contributed by atoms with E-state index in [2.05, 4.69) is 9.88 Å². The number of anilines is 1. The molecule has 0 spiro atoms. The van der Waals surface area contributed by atoms with Crippen LogP contribution in [0.5, 0.6) is 0 Å². The van der Waals surface area contributed by atoms with Gasteiger partial charge in [-0.15, -0.1) is 11.3 Å². The summed E-state index contributed by atoms with van der Waals surface area (Å²) in [7, 11) is 0. The molecular formula is C20H21FN4O2S. The van der Waals surface area contributed by atoms with E-state index >= 15 is 0 Å². The SMILES string of the molecule is CCn1cnc2sc(C(=O)N3CCN(c4ccc(F)cc4)CC3)c(C)c2c1=O. The highest BCUT2D eigenvalue weighted by atomic mass is 32.1. The molecule has 3 heterocycles. The van der Waals surface area contributed by atoms with Crippen molar-refractivity contribution in [2.24, 2.45) is 0 Å². The minimum Gasteiger partial charge on any atom is -0.368 e. The van der Waals surface area contributed by atoms with Crippen molar-refractivity contribution >= 4 is 33.1 Å². The zero-order valence-electron chi connectivity index (χ0n) is 15.8. The van der Waals surface area contributed by atoms with E-state index in [4.69, 9.17) is 0 Å². The number of aryl methyl sites for hydroxylation is 2. The van der Waals surface area contributed by atoms with Crippen LogP contribution in [0.15, 0.2) is 35.4 Å². The van der Waals surface area contributed by atoms with Crippen LogP contribution in [0.25, 0.3) is 10.2 Å². The monoisotopic (exact) mass is 400 g/mol. The van der Waals surface area contributed by atoms with E-state index in [1.807, 2.05) is 18.7 Å². The molecule has 0 aliphatic carbocycles. The van der Waals surface area contributed by atoms with E-state index in [9.17, 15) is 14.0 Å². The third-order valence-corrected chi connectivity index (χ3v) is 6.40. The first-order chi connectivity index (χ1) is 13.5. The number of hydrogen-bond donors (Lipinski definition) is 0. The van der Waals surface area contributed by atoms with Gasteiger partial charge in [0.15, 0.2) is 0 Å². The third kappa shape index (κ3) is 3.17. The van der Waals surface area contributed by atoms with Gasteiger partial charge in [-0.2, -0.15) is 0 Å². The number of carbonyl (C=O) groups is 1. The van der Waals surface area contributed by atoms with Gasteiger partial charge in [-0.3, -0.25) is 14.2 Å². The first-order valence-electron chi connectivity index (χ1n) is 9.28. The summed E-state index contributed by atoms with van der Waals surface area (Å²) in [5.41, 5.74) is 1.57. The van der Waals surface area contributed by atoms with E-state index in [0.717, 1.165) is 5.69 Å². The van der Waals surface area contributed by atoms with Crippen LogP contribution in [0.3, 0.4) is 0 Å². The van der Waals surface area contributed by atoms with Gasteiger partial charge in [0.25, 0.3) is 11.5 Å². The first-order valence-corrected chi connectivity index (χ1v) is 10.1. The number of amides is 1. The summed E-state index contributed by atoms with van der Waals surface area (Å²) < 4.78 is 14.7. The number of nitrogens with zero attached hydrogens (tertiary/aromatic N) is 4. The molecule has 1 saturated heterocycles. The third-order valence-electron chi connectivity index (χ3n) is 5.21. The maximum absolute atomic E-state index is 13.1. The molecule has 1 aliphatic rings. The number of carbonyl (C=O) groups excluding carboxylic acids is 1. The molecule has 2 aromatic heterocycles. The Labute approximate surface area is 165 Å². The highest BCUT2D eigenvalue weighted by Gasteiger charge is 2.26. The number of piperazine rings is 1. The molecule has 28 heavy (non-hydrogen) atoms. The van der Waals surface area contributed by atoms with Crippen molar-refractivity contribution in [3.05, 3.63) is 57.2 Å². The molecule has 146 valence electrons. The molecule has 0 unspecified atom stereocenters. The van der Waals surface area contributed by atoms with Gasteiger partial charge >= 0.3 is 0 Å². The van der Waals surface area contributed by atoms with Crippen LogP contribution in [0.4, 0.5) is 10.1 Å². The van der Waals surface area contributed by atoms with Gasteiger partial charge in [0.05, 0.1) is 16.6 Å². The van der Waals surface area contributed by atoms with Gasteiger partial charge in [-0.05, 0) is 43.7 Å². The van der Waals surface area contributed by atoms with Crippen molar-refractivity contribution in [2.45, 2.75) is 20.4 Å². The van der Waals surface area contributed by atoms with Gasteiger partial charge < -0.3 is 9.80 Å². The molecular weight excluding hydrogens is 379 g/mol. The highest BCUT2D eigenvalue weighted by Crippen LogP contribution is 2.28. The molecule has 1 aromatic carbocycles. The summed E-state index contributed by atoms with van der Waals surface area (Å²) >= 11 is 1.29. The van der Waals surface area contributed by atoms with Crippen LogP contribution in [0.2, 0.25) is 0 Å². The number of benzene rings is 1. The fraction of sp³-hybridized carbons (Fsp3) is 0.350. The van der Waals surface area contributed by atoms with Gasteiger partial charge in [0, 0.05) is 38.4 Å². The molecule has 0 saturated carbocycles. The van der Waals surface area contributed by atoms with Crippen molar-refractivity contribution in [3.8, 4) is 0 Å². The number of fused-ring (bicyclic) bond motifs is 1. The fourth-order valence-corrected chi connectivity index (χ4v) is 4.66. The normalized spacial score (nSPS) is 14.7. The summed E-state index contributed by atoms with van der Waals surface area (Å²) in [6, 6.07) is 6.41. The molecule has 3 aromatic rings. The van der Waals surface area contributed by atoms with Crippen molar-refractivity contribution in [2.75, 3.05) is 31.1 Å². The van der Waals surface area contributed by atoms with Crippen LogP contribution in [0, 0.1) is 12.7 Å². The van der Waals surface area contributed by atoms with Crippen LogP contribution in [0.1, 0.15) is 22.2 Å². The fourth-order valence-electron chi connectivity index (χ4n) is 3.55. The average Bonchev–Trinajstić information content (AvgIpc) is 3.06. The number of aromatic nitrogens is 2. The molecule has 8 heteroatoms. The predicted molar refractivity (Wildman–Crippen MR) is 109 cm³/mol. The van der Waals surface area contributed by atoms with E-state index in [0.29, 0.717) is 53.4 Å². The highest BCUT2D eigenvalue weighted by molar-refractivity contribution is 7.20. The molecule has 0 N–H and O–H groups in total. The van der Waals surface area contributed by atoms with Crippen LogP contribution in [-0.2, 0) is 6.54 Å². The first kappa shape index (κ1) is 18.6. The molecule has 1 fully saturated rings. The Morgan fingerprint density at radius 3 is 2.50 bits per heavy atom.